The van der Waals surface area contributed by atoms with E-state index in [1.165, 1.54) is 11.8 Å². The first-order valence-corrected chi connectivity index (χ1v) is 6.82. The van der Waals surface area contributed by atoms with E-state index in [0.717, 1.165) is 0 Å². The molecular weight excluding hydrogens is 258 g/mol. The lowest BCUT2D eigenvalue weighted by atomic mass is 10.1. The maximum atomic E-state index is 12.1. The van der Waals surface area contributed by atoms with E-state index in [-0.39, 0.29) is 12.2 Å². The van der Waals surface area contributed by atoms with E-state index >= 15 is 0 Å². The van der Waals surface area contributed by atoms with Crippen LogP contribution >= 0.6 is 11.8 Å². The molecule has 1 heterocycles. The zero-order valence-electron chi connectivity index (χ0n) is 10.3. The number of carbonyl (C=O) groups excluding carboxylic acids is 1. The summed E-state index contributed by atoms with van der Waals surface area (Å²) in [6, 6.07) is 8.38. The summed E-state index contributed by atoms with van der Waals surface area (Å²) in [5, 5.41) is 0.661. The zero-order chi connectivity index (χ0) is 13.7. The monoisotopic (exact) mass is 269 g/mol. The Hall–Kier alpha value is -2.19. The zero-order valence-corrected chi connectivity index (χ0v) is 11.1. The molecule has 0 radical (unpaired) electrons. The van der Waals surface area contributed by atoms with Crippen molar-refractivity contribution >= 4 is 23.2 Å². The third kappa shape index (κ3) is 3.39. The Balaban J connectivity index is 2.13. The number of Topliss-reactive ketones (excluding diaryl/α,β-unsaturated/α-hetero) is 1. The molecule has 0 fully saturated rings. The molecule has 2 rings (SSSR count). The molecule has 0 aliphatic rings. The van der Waals surface area contributed by atoms with E-state index in [1.807, 2.05) is 6.26 Å². The van der Waals surface area contributed by atoms with Crippen molar-refractivity contribution in [1.29, 1.82) is 0 Å². The molecule has 1 aromatic heterocycles. The highest BCUT2D eigenvalue weighted by atomic mass is 32.2. The van der Waals surface area contributed by atoms with Gasteiger partial charge in [0.1, 0.15) is 0 Å². The van der Waals surface area contributed by atoms with Crippen molar-refractivity contribution in [1.82, 2.24) is 9.97 Å². The smallest absolute Gasteiger partial charge is 0.187 e. The van der Waals surface area contributed by atoms with Crippen molar-refractivity contribution in [3.05, 3.63) is 59.2 Å². The number of rotatable bonds is 4. The van der Waals surface area contributed by atoms with Gasteiger partial charge < -0.3 is 0 Å². The molecule has 0 bridgehead atoms. The molecule has 0 N–H and O–H groups in total. The van der Waals surface area contributed by atoms with Gasteiger partial charge in [-0.3, -0.25) is 4.79 Å². The van der Waals surface area contributed by atoms with Crippen molar-refractivity contribution in [3.63, 3.8) is 0 Å². The SMILES string of the molecule is [C-]#[N+]c1ccc(C(=O)Cc2ccnc(SC)n2)cc1. The predicted octanol–water partition coefficient (Wildman–Crippen LogP) is 3.17. The Labute approximate surface area is 115 Å². The highest BCUT2D eigenvalue weighted by molar-refractivity contribution is 7.98. The first kappa shape index (κ1) is 13.2. The number of benzene rings is 1. The quantitative estimate of drug-likeness (QED) is 0.370. The maximum absolute atomic E-state index is 12.1. The van der Waals surface area contributed by atoms with E-state index in [2.05, 4.69) is 14.8 Å². The van der Waals surface area contributed by atoms with Crippen LogP contribution in [0.1, 0.15) is 16.1 Å². The number of carbonyl (C=O) groups is 1. The lowest BCUT2D eigenvalue weighted by Gasteiger charge is -2.02. The molecule has 0 aliphatic heterocycles. The molecular formula is C14H11N3OS. The third-order valence-electron chi connectivity index (χ3n) is 2.53. The van der Waals surface area contributed by atoms with E-state index in [1.54, 1.807) is 36.5 Å². The summed E-state index contributed by atoms with van der Waals surface area (Å²) in [4.78, 5) is 23.7. The number of aromatic nitrogens is 2. The van der Waals surface area contributed by atoms with Crippen LogP contribution in [0.15, 0.2) is 41.7 Å². The standard InChI is InChI=1S/C14H11N3OS/c1-15-11-5-3-10(4-6-11)13(18)9-12-7-8-16-14(17-12)19-2/h3-8H,9H2,2H3. The normalized spacial score (nSPS) is 9.89. The fourth-order valence-corrected chi connectivity index (χ4v) is 1.94. The van der Waals surface area contributed by atoms with Crippen LogP contribution in [0.3, 0.4) is 0 Å². The molecule has 4 nitrogen and oxygen atoms in total. The van der Waals surface area contributed by atoms with Gasteiger partial charge in [0.25, 0.3) is 0 Å². The summed E-state index contributed by atoms with van der Waals surface area (Å²) in [7, 11) is 0. The highest BCUT2D eigenvalue weighted by Crippen LogP contribution is 2.15. The maximum Gasteiger partial charge on any atom is 0.187 e. The van der Waals surface area contributed by atoms with Gasteiger partial charge in [-0.05, 0) is 12.3 Å². The largest absolute Gasteiger partial charge is 0.294 e. The Morgan fingerprint density at radius 1 is 1.32 bits per heavy atom. The molecule has 0 atom stereocenters. The molecule has 5 heteroatoms. The lowest BCUT2D eigenvalue weighted by Crippen LogP contribution is -2.05. The fraction of sp³-hybridized carbons (Fsp3) is 0.143. The molecule has 1 aromatic carbocycles. The van der Waals surface area contributed by atoms with E-state index < -0.39 is 0 Å². The average Bonchev–Trinajstić information content (AvgIpc) is 2.47. The Morgan fingerprint density at radius 2 is 2.05 bits per heavy atom. The van der Waals surface area contributed by atoms with Crippen LogP contribution in [0.2, 0.25) is 0 Å². The molecule has 0 unspecified atom stereocenters. The second-order valence-corrected chi connectivity index (χ2v) is 4.57. The van der Waals surface area contributed by atoms with Crippen molar-refractivity contribution in [2.75, 3.05) is 6.26 Å². The van der Waals surface area contributed by atoms with Crippen LogP contribution in [-0.4, -0.2) is 22.0 Å². The number of hydrogen-bond acceptors (Lipinski definition) is 4. The van der Waals surface area contributed by atoms with Crippen LogP contribution in [0.4, 0.5) is 5.69 Å². The van der Waals surface area contributed by atoms with Gasteiger partial charge in [0.2, 0.25) is 0 Å². The van der Waals surface area contributed by atoms with Crippen molar-refractivity contribution < 1.29 is 4.79 Å². The van der Waals surface area contributed by atoms with Crippen molar-refractivity contribution in [2.45, 2.75) is 11.6 Å². The van der Waals surface area contributed by atoms with E-state index in [9.17, 15) is 4.79 Å². The van der Waals surface area contributed by atoms with Crippen LogP contribution in [-0.2, 0) is 6.42 Å². The average molecular weight is 269 g/mol. The molecule has 0 saturated heterocycles. The summed E-state index contributed by atoms with van der Waals surface area (Å²) >= 11 is 1.44. The summed E-state index contributed by atoms with van der Waals surface area (Å²) in [5.74, 6) is -0.0118. The Bertz CT molecular complexity index is 632. The summed E-state index contributed by atoms with van der Waals surface area (Å²) in [6.07, 6.45) is 3.79. The minimum atomic E-state index is -0.0118. The molecule has 0 saturated carbocycles. The van der Waals surface area contributed by atoms with Gasteiger partial charge in [-0.1, -0.05) is 36.0 Å². The summed E-state index contributed by atoms with van der Waals surface area (Å²) in [5.41, 5.74) is 1.83. The van der Waals surface area contributed by atoms with E-state index in [4.69, 9.17) is 6.57 Å². The van der Waals surface area contributed by atoms with E-state index in [0.29, 0.717) is 22.1 Å². The number of thioether (sulfide) groups is 1. The van der Waals surface area contributed by atoms with Crippen LogP contribution in [0, 0.1) is 6.57 Å². The first-order valence-electron chi connectivity index (χ1n) is 5.59. The second kappa shape index (κ2) is 6.12. The van der Waals surface area contributed by atoms with Gasteiger partial charge in [0.15, 0.2) is 16.6 Å². The summed E-state index contributed by atoms with van der Waals surface area (Å²) < 4.78 is 0. The molecule has 0 spiro atoms. The molecule has 0 amide bonds. The molecule has 2 aromatic rings. The van der Waals surface area contributed by atoms with Gasteiger partial charge in [-0.2, -0.15) is 0 Å². The molecule has 19 heavy (non-hydrogen) atoms. The fourth-order valence-electron chi connectivity index (χ4n) is 1.56. The van der Waals surface area contributed by atoms with Crippen LogP contribution in [0.25, 0.3) is 4.85 Å². The van der Waals surface area contributed by atoms with Gasteiger partial charge in [-0.15, -0.1) is 0 Å². The van der Waals surface area contributed by atoms with Crippen molar-refractivity contribution in [2.24, 2.45) is 0 Å². The molecule has 94 valence electrons. The van der Waals surface area contributed by atoms with Gasteiger partial charge in [-0.25, -0.2) is 14.8 Å². The first-order chi connectivity index (χ1) is 9.22. The summed E-state index contributed by atoms with van der Waals surface area (Å²) in [6.45, 7) is 6.87. The minimum absolute atomic E-state index is 0.0118. The lowest BCUT2D eigenvalue weighted by molar-refractivity contribution is 0.0992. The number of nitrogens with zero attached hydrogens (tertiary/aromatic N) is 3. The van der Waals surface area contributed by atoms with Crippen LogP contribution < -0.4 is 0 Å². The topological polar surface area (TPSA) is 47.2 Å². The third-order valence-corrected chi connectivity index (χ3v) is 3.10. The number of hydrogen-bond donors (Lipinski definition) is 0. The Kier molecular flexibility index (Phi) is 4.26. The predicted molar refractivity (Wildman–Crippen MR) is 74.6 cm³/mol. The van der Waals surface area contributed by atoms with Gasteiger partial charge in [0, 0.05) is 11.8 Å². The van der Waals surface area contributed by atoms with Crippen LogP contribution in [0.5, 0.6) is 0 Å². The van der Waals surface area contributed by atoms with Gasteiger partial charge >= 0.3 is 0 Å². The number of ketones is 1. The van der Waals surface area contributed by atoms with Gasteiger partial charge in [0.05, 0.1) is 18.7 Å². The van der Waals surface area contributed by atoms with Crippen molar-refractivity contribution in [3.8, 4) is 0 Å². The highest BCUT2D eigenvalue weighted by Gasteiger charge is 2.08. The second-order valence-electron chi connectivity index (χ2n) is 3.79. The Morgan fingerprint density at radius 3 is 2.68 bits per heavy atom. The minimum Gasteiger partial charge on any atom is -0.294 e. The molecule has 0 aliphatic carbocycles.